The maximum atomic E-state index is 7.91. The van der Waals surface area contributed by atoms with Gasteiger partial charge in [-0.2, -0.15) is 0 Å². The summed E-state index contributed by atoms with van der Waals surface area (Å²) in [4.78, 5) is 0. The minimum Gasteiger partial charge on any atom is -0.300 e. The Morgan fingerprint density at radius 2 is 1.96 bits per heavy atom. The van der Waals surface area contributed by atoms with Crippen molar-refractivity contribution in [3.05, 3.63) is 89.1 Å². The molecule has 23 heavy (non-hydrogen) atoms. The highest BCUT2D eigenvalue weighted by Crippen LogP contribution is 2.33. The Hall–Kier alpha value is -2.41. The van der Waals surface area contributed by atoms with Crippen LogP contribution in [-0.4, -0.2) is 5.71 Å². The summed E-state index contributed by atoms with van der Waals surface area (Å²) >= 11 is 0. The van der Waals surface area contributed by atoms with Gasteiger partial charge >= 0.3 is 0 Å². The molecule has 0 radical (unpaired) electrons. The molecular weight excluding hydrogens is 278 g/mol. The van der Waals surface area contributed by atoms with Gasteiger partial charge in [0.05, 0.1) is 5.71 Å². The molecule has 2 aliphatic carbocycles. The predicted octanol–water partition coefficient (Wildman–Crippen LogP) is 5.94. The Labute approximate surface area is 138 Å². The van der Waals surface area contributed by atoms with E-state index in [1.807, 2.05) is 30.4 Å². The van der Waals surface area contributed by atoms with Crippen LogP contribution < -0.4 is 0 Å². The van der Waals surface area contributed by atoms with Gasteiger partial charge in [-0.25, -0.2) is 0 Å². The quantitative estimate of drug-likeness (QED) is 0.714. The lowest BCUT2D eigenvalue weighted by Crippen LogP contribution is -2.03. The van der Waals surface area contributed by atoms with Crippen LogP contribution >= 0.6 is 0 Å². The van der Waals surface area contributed by atoms with Crippen LogP contribution in [-0.2, 0) is 0 Å². The molecule has 116 valence electrons. The zero-order chi connectivity index (χ0) is 16.2. The van der Waals surface area contributed by atoms with Crippen LogP contribution in [0.3, 0.4) is 0 Å². The minimum absolute atomic E-state index is 0.419. The Morgan fingerprint density at radius 1 is 1.13 bits per heavy atom. The van der Waals surface area contributed by atoms with Crippen molar-refractivity contribution in [3.8, 4) is 0 Å². The van der Waals surface area contributed by atoms with Crippen molar-refractivity contribution in [3.63, 3.8) is 0 Å². The number of hydrogen-bond donors (Lipinski definition) is 1. The van der Waals surface area contributed by atoms with Crippen LogP contribution in [0.15, 0.2) is 72.4 Å². The van der Waals surface area contributed by atoms with E-state index in [4.69, 9.17) is 5.41 Å². The third-order valence-electron chi connectivity index (χ3n) is 4.44. The third kappa shape index (κ3) is 3.50. The van der Waals surface area contributed by atoms with Crippen molar-refractivity contribution < 1.29 is 0 Å². The van der Waals surface area contributed by atoms with Gasteiger partial charge in [0, 0.05) is 5.92 Å². The van der Waals surface area contributed by atoms with Gasteiger partial charge in [0.15, 0.2) is 0 Å². The normalized spacial score (nSPS) is 21.6. The Kier molecular flexibility index (Phi) is 4.57. The Morgan fingerprint density at radius 3 is 2.74 bits per heavy atom. The number of nitrogens with one attached hydrogen (secondary N) is 1. The van der Waals surface area contributed by atoms with Crippen molar-refractivity contribution in [1.29, 1.82) is 5.41 Å². The summed E-state index contributed by atoms with van der Waals surface area (Å²) in [5, 5.41) is 7.91. The molecule has 0 bridgehead atoms. The largest absolute Gasteiger partial charge is 0.300 e. The number of fused-ring (bicyclic) bond motifs is 1. The van der Waals surface area contributed by atoms with Gasteiger partial charge in [0.2, 0.25) is 0 Å². The van der Waals surface area contributed by atoms with E-state index >= 15 is 0 Å². The van der Waals surface area contributed by atoms with E-state index in [2.05, 4.69) is 56.4 Å². The third-order valence-corrected chi connectivity index (χ3v) is 4.44. The van der Waals surface area contributed by atoms with Gasteiger partial charge in [-0.15, -0.1) is 0 Å². The summed E-state index contributed by atoms with van der Waals surface area (Å²) in [6.45, 7) is 4.48. The van der Waals surface area contributed by atoms with Crippen LogP contribution in [0.2, 0.25) is 0 Å². The zero-order valence-electron chi connectivity index (χ0n) is 13.8. The predicted molar refractivity (Wildman–Crippen MR) is 100 cm³/mol. The molecule has 1 atom stereocenters. The van der Waals surface area contributed by atoms with Crippen LogP contribution in [0.5, 0.6) is 0 Å². The van der Waals surface area contributed by atoms with Crippen molar-refractivity contribution in [2.24, 2.45) is 0 Å². The summed E-state index contributed by atoms with van der Waals surface area (Å²) in [6.07, 6.45) is 19.6. The SMILES string of the molecule is CC(C)c1ccc2c(c1)C(/C=C/C=C1/C=CC=CC1=N)CC=C2. The molecule has 0 saturated heterocycles. The fourth-order valence-electron chi connectivity index (χ4n) is 3.01. The summed E-state index contributed by atoms with van der Waals surface area (Å²) in [6, 6.07) is 6.84. The second kappa shape index (κ2) is 6.78. The lowest BCUT2D eigenvalue weighted by atomic mass is 9.84. The molecule has 0 saturated carbocycles. The van der Waals surface area contributed by atoms with Crippen molar-refractivity contribution in [1.82, 2.24) is 0 Å². The van der Waals surface area contributed by atoms with Crippen molar-refractivity contribution >= 4 is 11.8 Å². The molecule has 1 heteroatoms. The van der Waals surface area contributed by atoms with Crippen LogP contribution in [0.25, 0.3) is 6.08 Å². The minimum atomic E-state index is 0.419. The standard InChI is InChI=1S/C22H23N/c1-16(2)20-14-13-18-10-5-8-17(21(18)15-20)9-6-11-19-7-3-4-12-22(19)23/h3-7,9-17,23H,8H2,1-2H3/b9-6+,19-11-,23-22?. The fraction of sp³-hybridized carbons (Fsp3) is 0.227. The molecule has 1 aromatic rings. The molecule has 0 aromatic heterocycles. The van der Waals surface area contributed by atoms with Gasteiger partial charge in [-0.05, 0) is 40.7 Å². The smallest absolute Gasteiger partial charge is 0.0612 e. The molecular formula is C22H23N. The van der Waals surface area contributed by atoms with Gasteiger partial charge in [-0.3, -0.25) is 0 Å². The maximum absolute atomic E-state index is 7.91. The van der Waals surface area contributed by atoms with E-state index in [-0.39, 0.29) is 0 Å². The first-order chi connectivity index (χ1) is 11.1. The first-order valence-electron chi connectivity index (χ1n) is 8.27. The van der Waals surface area contributed by atoms with Gasteiger partial charge in [-0.1, -0.05) is 80.7 Å². The van der Waals surface area contributed by atoms with Crippen molar-refractivity contribution in [2.75, 3.05) is 0 Å². The Balaban J connectivity index is 1.84. The number of hydrogen-bond acceptors (Lipinski definition) is 1. The second-order valence-electron chi connectivity index (χ2n) is 6.43. The average Bonchev–Trinajstić information content (AvgIpc) is 2.56. The van der Waals surface area contributed by atoms with E-state index < -0.39 is 0 Å². The maximum Gasteiger partial charge on any atom is 0.0612 e. The van der Waals surface area contributed by atoms with E-state index in [1.54, 1.807) is 0 Å². The topological polar surface area (TPSA) is 23.9 Å². The number of rotatable bonds is 3. The highest BCUT2D eigenvalue weighted by molar-refractivity contribution is 6.09. The molecule has 0 fully saturated rings. The molecule has 2 aliphatic rings. The fourth-order valence-corrected chi connectivity index (χ4v) is 3.01. The van der Waals surface area contributed by atoms with Gasteiger partial charge in [0.1, 0.15) is 0 Å². The number of benzene rings is 1. The molecule has 0 aliphatic heterocycles. The molecule has 1 unspecified atom stereocenters. The zero-order valence-corrected chi connectivity index (χ0v) is 13.8. The molecule has 0 heterocycles. The average molecular weight is 301 g/mol. The first-order valence-corrected chi connectivity index (χ1v) is 8.27. The van der Waals surface area contributed by atoms with E-state index in [9.17, 15) is 0 Å². The van der Waals surface area contributed by atoms with Crippen LogP contribution in [0.4, 0.5) is 0 Å². The summed E-state index contributed by atoms with van der Waals surface area (Å²) < 4.78 is 0. The first kappa shape index (κ1) is 15.5. The highest BCUT2D eigenvalue weighted by atomic mass is 14.4. The van der Waals surface area contributed by atoms with Crippen LogP contribution in [0.1, 0.15) is 48.8 Å². The van der Waals surface area contributed by atoms with Crippen molar-refractivity contribution in [2.45, 2.75) is 32.1 Å². The molecule has 1 N–H and O–H groups in total. The Bertz CT molecular complexity index is 754. The monoisotopic (exact) mass is 301 g/mol. The lowest BCUT2D eigenvalue weighted by Gasteiger charge is -2.20. The molecule has 3 rings (SSSR count). The summed E-state index contributed by atoms with van der Waals surface area (Å²) in [7, 11) is 0. The van der Waals surface area contributed by atoms with Gasteiger partial charge < -0.3 is 5.41 Å². The second-order valence-corrected chi connectivity index (χ2v) is 6.43. The van der Waals surface area contributed by atoms with Gasteiger partial charge in [0.25, 0.3) is 0 Å². The van der Waals surface area contributed by atoms with E-state index in [0.717, 1.165) is 12.0 Å². The summed E-state index contributed by atoms with van der Waals surface area (Å²) in [5.74, 6) is 0.973. The highest BCUT2D eigenvalue weighted by Gasteiger charge is 2.15. The van der Waals surface area contributed by atoms with E-state index in [0.29, 0.717) is 17.5 Å². The van der Waals surface area contributed by atoms with Crippen LogP contribution in [0, 0.1) is 5.41 Å². The molecule has 0 spiro atoms. The lowest BCUT2D eigenvalue weighted by molar-refractivity contribution is 0.826. The molecule has 1 aromatic carbocycles. The summed E-state index contributed by atoms with van der Waals surface area (Å²) in [5.41, 5.74) is 5.69. The number of allylic oxidation sites excluding steroid dienone is 9. The van der Waals surface area contributed by atoms with E-state index in [1.165, 1.54) is 16.7 Å². The molecule has 1 nitrogen and oxygen atoms in total. The molecule has 0 amide bonds.